The van der Waals surface area contributed by atoms with Gasteiger partial charge in [-0.15, -0.1) is 11.8 Å². The molecule has 0 aliphatic carbocycles. The van der Waals surface area contributed by atoms with Gasteiger partial charge in [0.2, 0.25) is 5.91 Å². The molecular formula is C17H27N3OS. The fraction of sp³-hybridized carbons (Fsp3) is 0.588. The zero-order valence-electron chi connectivity index (χ0n) is 14.1. The summed E-state index contributed by atoms with van der Waals surface area (Å²) in [4.78, 5) is 20.2. The first-order valence-electron chi connectivity index (χ1n) is 7.75. The maximum absolute atomic E-state index is 12.5. The zero-order valence-corrected chi connectivity index (χ0v) is 14.9. The van der Waals surface area contributed by atoms with Crippen LogP contribution >= 0.6 is 11.8 Å². The molecule has 0 saturated carbocycles. The van der Waals surface area contributed by atoms with Gasteiger partial charge in [-0.1, -0.05) is 12.1 Å². The van der Waals surface area contributed by atoms with E-state index < -0.39 is 0 Å². The Hall–Kier alpha value is -1.04. The van der Waals surface area contributed by atoms with Crippen molar-refractivity contribution in [3.63, 3.8) is 0 Å². The van der Waals surface area contributed by atoms with Crippen LogP contribution in [0.1, 0.15) is 12.0 Å². The van der Waals surface area contributed by atoms with Crippen molar-refractivity contribution in [2.45, 2.75) is 23.9 Å². The Morgan fingerprint density at radius 3 is 2.86 bits per heavy atom. The Labute approximate surface area is 138 Å². The first-order valence-corrected chi connectivity index (χ1v) is 8.97. The number of nitrogens with zero attached hydrogens (tertiary/aromatic N) is 3. The summed E-state index contributed by atoms with van der Waals surface area (Å²) in [6, 6.07) is 8.73. The van der Waals surface area contributed by atoms with E-state index in [4.69, 9.17) is 0 Å². The third kappa shape index (κ3) is 4.73. The molecule has 1 fully saturated rings. The van der Waals surface area contributed by atoms with Gasteiger partial charge in [-0.25, -0.2) is 0 Å². The second kappa shape index (κ2) is 7.99. The van der Waals surface area contributed by atoms with Gasteiger partial charge >= 0.3 is 0 Å². The van der Waals surface area contributed by atoms with Crippen LogP contribution in [0.5, 0.6) is 0 Å². The van der Waals surface area contributed by atoms with Crippen molar-refractivity contribution in [1.82, 2.24) is 14.7 Å². The standard InChI is InChI=1S/C17H27N3OS/c1-18-8-9-19(2)15(13-18)11-17(21)20(3)12-14-6-5-7-16(10-14)22-4/h5-7,10,15H,8-9,11-13H2,1-4H3/t15-/m0/s1. The SMILES string of the molecule is CSc1cccc(CN(C)C(=O)C[C@H]2CN(C)CCN2C)c1. The Bertz CT molecular complexity index is 508. The highest BCUT2D eigenvalue weighted by Crippen LogP contribution is 2.17. The molecule has 0 aromatic heterocycles. The molecule has 122 valence electrons. The average molecular weight is 321 g/mol. The number of piperazine rings is 1. The molecule has 1 heterocycles. The molecular weight excluding hydrogens is 294 g/mol. The fourth-order valence-corrected chi connectivity index (χ4v) is 3.30. The number of carbonyl (C=O) groups is 1. The predicted molar refractivity (Wildman–Crippen MR) is 93.2 cm³/mol. The Morgan fingerprint density at radius 2 is 2.14 bits per heavy atom. The van der Waals surface area contributed by atoms with Crippen molar-refractivity contribution >= 4 is 17.7 Å². The minimum atomic E-state index is 0.224. The van der Waals surface area contributed by atoms with Crippen molar-refractivity contribution in [2.75, 3.05) is 47.0 Å². The van der Waals surface area contributed by atoms with Gasteiger partial charge in [0, 0.05) is 50.6 Å². The highest BCUT2D eigenvalue weighted by atomic mass is 32.2. The number of rotatable bonds is 5. The summed E-state index contributed by atoms with van der Waals surface area (Å²) >= 11 is 1.73. The quantitative estimate of drug-likeness (QED) is 0.775. The largest absolute Gasteiger partial charge is 0.341 e. The van der Waals surface area contributed by atoms with Crippen LogP contribution in [0.25, 0.3) is 0 Å². The van der Waals surface area contributed by atoms with Gasteiger partial charge in [0.1, 0.15) is 0 Å². The zero-order chi connectivity index (χ0) is 16.1. The normalized spacial score (nSPS) is 20.1. The third-order valence-corrected chi connectivity index (χ3v) is 5.10. The lowest BCUT2D eigenvalue weighted by molar-refractivity contribution is -0.132. The van der Waals surface area contributed by atoms with Gasteiger partial charge in [0.05, 0.1) is 0 Å². The van der Waals surface area contributed by atoms with E-state index in [1.165, 1.54) is 10.5 Å². The summed E-state index contributed by atoms with van der Waals surface area (Å²) in [6.45, 7) is 3.77. The first kappa shape index (κ1) is 17.3. The van der Waals surface area contributed by atoms with Crippen LogP contribution in [-0.2, 0) is 11.3 Å². The van der Waals surface area contributed by atoms with E-state index in [1.54, 1.807) is 11.8 Å². The molecule has 1 amide bonds. The Morgan fingerprint density at radius 1 is 1.36 bits per heavy atom. The topological polar surface area (TPSA) is 26.8 Å². The number of likely N-dealkylation sites (N-methyl/N-ethyl adjacent to an activating group) is 2. The van der Waals surface area contributed by atoms with Crippen LogP contribution in [0.2, 0.25) is 0 Å². The maximum Gasteiger partial charge on any atom is 0.224 e. The van der Waals surface area contributed by atoms with E-state index in [1.807, 2.05) is 11.9 Å². The van der Waals surface area contributed by atoms with Crippen molar-refractivity contribution < 1.29 is 4.79 Å². The van der Waals surface area contributed by atoms with Crippen LogP contribution in [0, 0.1) is 0 Å². The smallest absolute Gasteiger partial charge is 0.224 e. The molecule has 1 aliphatic rings. The molecule has 2 rings (SSSR count). The van der Waals surface area contributed by atoms with Crippen LogP contribution in [-0.4, -0.2) is 73.7 Å². The maximum atomic E-state index is 12.5. The van der Waals surface area contributed by atoms with Crippen LogP contribution in [0.3, 0.4) is 0 Å². The minimum absolute atomic E-state index is 0.224. The molecule has 4 nitrogen and oxygen atoms in total. The van der Waals surface area contributed by atoms with Crippen molar-refractivity contribution in [3.05, 3.63) is 29.8 Å². The van der Waals surface area contributed by atoms with E-state index in [2.05, 4.69) is 54.4 Å². The molecule has 5 heteroatoms. The summed E-state index contributed by atoms with van der Waals surface area (Å²) in [6.07, 6.45) is 2.67. The molecule has 0 bridgehead atoms. The number of thioether (sulfide) groups is 1. The van der Waals surface area contributed by atoms with Crippen molar-refractivity contribution in [3.8, 4) is 0 Å². The number of carbonyl (C=O) groups excluding carboxylic acids is 1. The summed E-state index contributed by atoms with van der Waals surface area (Å²) < 4.78 is 0. The number of hydrogen-bond donors (Lipinski definition) is 0. The molecule has 22 heavy (non-hydrogen) atoms. The van der Waals surface area contributed by atoms with Gasteiger partial charge in [0.15, 0.2) is 0 Å². The summed E-state index contributed by atoms with van der Waals surface area (Å²) in [5.74, 6) is 0.224. The predicted octanol–water partition coefficient (Wildman–Crippen LogP) is 2.00. The number of benzene rings is 1. The molecule has 0 unspecified atom stereocenters. The first-order chi connectivity index (χ1) is 10.5. The minimum Gasteiger partial charge on any atom is -0.341 e. The molecule has 0 radical (unpaired) electrons. The van der Waals surface area contributed by atoms with Crippen LogP contribution < -0.4 is 0 Å². The summed E-state index contributed by atoms with van der Waals surface area (Å²) in [5.41, 5.74) is 1.19. The molecule has 1 aromatic rings. The Balaban J connectivity index is 1.91. The molecule has 1 aliphatic heterocycles. The van der Waals surface area contributed by atoms with E-state index in [0.29, 0.717) is 19.0 Å². The van der Waals surface area contributed by atoms with Crippen molar-refractivity contribution in [2.24, 2.45) is 0 Å². The number of amides is 1. The lowest BCUT2D eigenvalue weighted by atomic mass is 10.1. The third-order valence-electron chi connectivity index (χ3n) is 4.37. The van der Waals surface area contributed by atoms with Gasteiger partial charge in [-0.05, 0) is 38.0 Å². The van der Waals surface area contributed by atoms with Crippen LogP contribution in [0.4, 0.5) is 0 Å². The van der Waals surface area contributed by atoms with Gasteiger partial charge in [-0.3, -0.25) is 4.79 Å². The van der Waals surface area contributed by atoms with E-state index in [-0.39, 0.29) is 5.91 Å². The van der Waals surface area contributed by atoms with Gasteiger partial charge in [0.25, 0.3) is 0 Å². The summed E-state index contributed by atoms with van der Waals surface area (Å²) in [7, 11) is 6.15. The Kier molecular flexibility index (Phi) is 6.29. The number of hydrogen-bond acceptors (Lipinski definition) is 4. The van der Waals surface area contributed by atoms with E-state index in [9.17, 15) is 4.79 Å². The molecule has 1 saturated heterocycles. The fourth-order valence-electron chi connectivity index (χ4n) is 2.81. The van der Waals surface area contributed by atoms with Gasteiger partial charge < -0.3 is 14.7 Å². The van der Waals surface area contributed by atoms with Gasteiger partial charge in [-0.2, -0.15) is 0 Å². The van der Waals surface area contributed by atoms with Crippen LogP contribution in [0.15, 0.2) is 29.2 Å². The molecule has 0 N–H and O–H groups in total. The average Bonchev–Trinajstić information content (AvgIpc) is 2.51. The summed E-state index contributed by atoms with van der Waals surface area (Å²) in [5, 5.41) is 0. The lowest BCUT2D eigenvalue weighted by Crippen LogP contribution is -2.51. The molecule has 1 atom stereocenters. The molecule has 0 spiro atoms. The monoisotopic (exact) mass is 321 g/mol. The highest BCUT2D eigenvalue weighted by molar-refractivity contribution is 7.98. The highest BCUT2D eigenvalue weighted by Gasteiger charge is 2.25. The second-order valence-corrected chi connectivity index (χ2v) is 7.08. The molecule has 1 aromatic carbocycles. The van der Waals surface area contributed by atoms with Crippen molar-refractivity contribution in [1.29, 1.82) is 0 Å². The second-order valence-electron chi connectivity index (χ2n) is 6.20. The van der Waals surface area contributed by atoms with E-state index in [0.717, 1.165) is 19.6 Å². The lowest BCUT2D eigenvalue weighted by Gasteiger charge is -2.38. The van der Waals surface area contributed by atoms with E-state index >= 15 is 0 Å².